The van der Waals surface area contributed by atoms with E-state index in [0.29, 0.717) is 39.3 Å². The van der Waals surface area contributed by atoms with E-state index in [2.05, 4.69) is 10.6 Å². The van der Waals surface area contributed by atoms with Gasteiger partial charge in [-0.25, -0.2) is 0 Å². The average Bonchev–Trinajstić information content (AvgIpc) is 2.96. The molecule has 0 saturated carbocycles. The van der Waals surface area contributed by atoms with Crippen LogP contribution in [0.25, 0.3) is 0 Å². The second-order valence-corrected chi connectivity index (χ2v) is 6.04. The Hall–Kier alpha value is -2.12. The van der Waals surface area contributed by atoms with Crippen molar-refractivity contribution in [2.75, 3.05) is 33.4 Å². The molecule has 0 aliphatic carbocycles. The van der Waals surface area contributed by atoms with Gasteiger partial charge in [0.15, 0.2) is 0 Å². The maximum atomic E-state index is 12.5. The first-order chi connectivity index (χ1) is 11.7. The normalized spacial score (nSPS) is 24.0. The number of carbonyl (C=O) groups is 2. The Balaban J connectivity index is 1.53. The summed E-state index contributed by atoms with van der Waals surface area (Å²) in [5.74, 6) is 0.592. The van der Waals surface area contributed by atoms with Crippen molar-refractivity contribution in [1.29, 1.82) is 0 Å². The fraction of sp³-hybridized carbons (Fsp3) is 0.529. The van der Waals surface area contributed by atoms with Gasteiger partial charge in [0.25, 0.3) is 0 Å². The molecule has 7 heteroatoms. The molecule has 1 aromatic carbocycles. The summed E-state index contributed by atoms with van der Waals surface area (Å²) in [4.78, 5) is 26.5. The number of likely N-dealkylation sites (tertiary alicyclic amines) is 1. The van der Waals surface area contributed by atoms with Crippen LogP contribution in [0.2, 0.25) is 0 Å². The van der Waals surface area contributed by atoms with Crippen molar-refractivity contribution in [1.82, 2.24) is 15.5 Å². The molecule has 0 aromatic heterocycles. The predicted molar refractivity (Wildman–Crippen MR) is 87.6 cm³/mol. The quantitative estimate of drug-likeness (QED) is 0.787. The molecule has 24 heavy (non-hydrogen) atoms. The van der Waals surface area contributed by atoms with Crippen LogP contribution in [-0.4, -0.2) is 62.2 Å². The van der Waals surface area contributed by atoms with E-state index < -0.39 is 6.04 Å². The molecule has 2 saturated heterocycles. The molecule has 2 unspecified atom stereocenters. The third-order valence-electron chi connectivity index (χ3n) is 4.38. The number of hydrogen-bond acceptors (Lipinski definition) is 5. The van der Waals surface area contributed by atoms with Gasteiger partial charge in [-0.1, -0.05) is 12.1 Å². The van der Waals surface area contributed by atoms with E-state index in [4.69, 9.17) is 9.47 Å². The van der Waals surface area contributed by atoms with Gasteiger partial charge in [-0.05, 0) is 24.1 Å². The summed E-state index contributed by atoms with van der Waals surface area (Å²) < 4.78 is 10.4. The molecule has 2 atom stereocenters. The highest BCUT2D eigenvalue weighted by Gasteiger charge is 2.34. The highest BCUT2D eigenvalue weighted by molar-refractivity contribution is 5.91. The fourth-order valence-corrected chi connectivity index (χ4v) is 2.99. The van der Waals surface area contributed by atoms with Gasteiger partial charge in [0.05, 0.1) is 20.3 Å². The Morgan fingerprint density at radius 1 is 1.42 bits per heavy atom. The number of benzene rings is 1. The molecule has 0 radical (unpaired) electrons. The molecule has 3 rings (SSSR count). The molecule has 2 fully saturated rings. The van der Waals surface area contributed by atoms with Gasteiger partial charge in [0, 0.05) is 19.6 Å². The Labute approximate surface area is 141 Å². The van der Waals surface area contributed by atoms with Gasteiger partial charge < -0.3 is 25.0 Å². The summed E-state index contributed by atoms with van der Waals surface area (Å²) in [7, 11) is 1.62. The summed E-state index contributed by atoms with van der Waals surface area (Å²) in [5.41, 5.74) is 1.04. The molecule has 130 valence electrons. The Morgan fingerprint density at radius 2 is 2.21 bits per heavy atom. The zero-order valence-electron chi connectivity index (χ0n) is 13.8. The van der Waals surface area contributed by atoms with E-state index in [1.54, 1.807) is 12.0 Å². The van der Waals surface area contributed by atoms with Crippen LogP contribution in [-0.2, 0) is 20.9 Å². The molecule has 0 bridgehead atoms. The van der Waals surface area contributed by atoms with Gasteiger partial charge >= 0.3 is 0 Å². The van der Waals surface area contributed by atoms with Crippen LogP contribution >= 0.6 is 0 Å². The highest BCUT2D eigenvalue weighted by Crippen LogP contribution is 2.17. The first-order valence-electron chi connectivity index (χ1n) is 8.20. The van der Waals surface area contributed by atoms with Gasteiger partial charge in [0.1, 0.15) is 17.8 Å². The Bertz CT molecular complexity index is 584. The lowest BCUT2D eigenvalue weighted by Crippen LogP contribution is -2.54. The summed E-state index contributed by atoms with van der Waals surface area (Å²) in [6.45, 7) is 2.80. The van der Waals surface area contributed by atoms with Crippen molar-refractivity contribution in [3.8, 4) is 5.75 Å². The van der Waals surface area contributed by atoms with Crippen molar-refractivity contribution >= 4 is 11.8 Å². The molecule has 2 N–H and O–H groups in total. The van der Waals surface area contributed by atoms with E-state index in [1.807, 2.05) is 24.3 Å². The molecule has 2 aliphatic rings. The van der Waals surface area contributed by atoms with Crippen LogP contribution in [0.15, 0.2) is 24.3 Å². The van der Waals surface area contributed by atoms with Crippen LogP contribution < -0.4 is 15.4 Å². The molecular weight excluding hydrogens is 310 g/mol. The SMILES string of the molecule is COc1ccc(CN2CCC(NC(=O)C3COCCN3)C2=O)cc1. The van der Waals surface area contributed by atoms with E-state index in [-0.39, 0.29) is 17.9 Å². The number of ether oxygens (including phenoxy) is 2. The van der Waals surface area contributed by atoms with Crippen molar-refractivity contribution in [3.63, 3.8) is 0 Å². The monoisotopic (exact) mass is 333 g/mol. The van der Waals surface area contributed by atoms with E-state index in [0.717, 1.165) is 11.3 Å². The van der Waals surface area contributed by atoms with Crippen LogP contribution in [0.5, 0.6) is 5.75 Å². The zero-order chi connectivity index (χ0) is 16.9. The fourth-order valence-electron chi connectivity index (χ4n) is 2.99. The smallest absolute Gasteiger partial charge is 0.245 e. The lowest BCUT2D eigenvalue weighted by molar-refractivity contribution is -0.134. The number of carbonyl (C=O) groups excluding carboxylic acids is 2. The minimum absolute atomic E-state index is 0.0316. The zero-order valence-corrected chi connectivity index (χ0v) is 13.8. The standard InChI is InChI=1S/C17H23N3O4/c1-23-13-4-2-12(3-5-13)10-20-8-6-14(17(20)22)19-16(21)15-11-24-9-7-18-15/h2-5,14-15,18H,6-11H2,1H3,(H,19,21). The summed E-state index contributed by atoms with van der Waals surface area (Å²) in [5, 5.41) is 5.94. The minimum atomic E-state index is -0.445. The van der Waals surface area contributed by atoms with Crippen LogP contribution in [0.3, 0.4) is 0 Å². The van der Waals surface area contributed by atoms with Gasteiger partial charge in [0.2, 0.25) is 11.8 Å². The summed E-state index contributed by atoms with van der Waals surface area (Å²) >= 11 is 0. The number of morpholine rings is 1. The third kappa shape index (κ3) is 3.85. The summed E-state index contributed by atoms with van der Waals surface area (Å²) in [6, 6.07) is 6.83. The first-order valence-corrected chi connectivity index (χ1v) is 8.20. The molecule has 2 aliphatic heterocycles. The van der Waals surface area contributed by atoms with Crippen molar-refractivity contribution in [2.45, 2.75) is 25.0 Å². The second-order valence-electron chi connectivity index (χ2n) is 6.04. The highest BCUT2D eigenvalue weighted by atomic mass is 16.5. The second kappa shape index (κ2) is 7.63. The number of amides is 2. The molecule has 7 nitrogen and oxygen atoms in total. The van der Waals surface area contributed by atoms with Crippen molar-refractivity contribution in [3.05, 3.63) is 29.8 Å². The summed E-state index contributed by atoms with van der Waals surface area (Å²) in [6.07, 6.45) is 0.633. The molecule has 2 amide bonds. The predicted octanol–water partition coefficient (Wildman–Crippen LogP) is -0.0993. The van der Waals surface area contributed by atoms with E-state index in [9.17, 15) is 9.59 Å². The molecule has 0 spiro atoms. The molecule has 2 heterocycles. The van der Waals surface area contributed by atoms with Crippen LogP contribution in [0.1, 0.15) is 12.0 Å². The minimum Gasteiger partial charge on any atom is -0.497 e. The maximum absolute atomic E-state index is 12.5. The number of nitrogens with zero attached hydrogens (tertiary/aromatic N) is 1. The van der Waals surface area contributed by atoms with Crippen molar-refractivity contribution in [2.24, 2.45) is 0 Å². The number of methoxy groups -OCH3 is 1. The van der Waals surface area contributed by atoms with Gasteiger partial charge in [-0.2, -0.15) is 0 Å². The average molecular weight is 333 g/mol. The number of rotatable bonds is 5. The Morgan fingerprint density at radius 3 is 2.88 bits per heavy atom. The third-order valence-corrected chi connectivity index (χ3v) is 4.38. The lowest BCUT2D eigenvalue weighted by atomic mass is 10.2. The maximum Gasteiger partial charge on any atom is 0.245 e. The molecule has 1 aromatic rings. The Kier molecular flexibility index (Phi) is 5.32. The number of hydrogen-bond donors (Lipinski definition) is 2. The van der Waals surface area contributed by atoms with Gasteiger partial charge in [-0.3, -0.25) is 9.59 Å². The van der Waals surface area contributed by atoms with Gasteiger partial charge in [-0.15, -0.1) is 0 Å². The topological polar surface area (TPSA) is 79.9 Å². The number of nitrogens with one attached hydrogen (secondary N) is 2. The largest absolute Gasteiger partial charge is 0.497 e. The van der Waals surface area contributed by atoms with Crippen molar-refractivity contribution < 1.29 is 19.1 Å². The molecular formula is C17H23N3O4. The van der Waals surface area contributed by atoms with E-state index in [1.165, 1.54) is 0 Å². The van der Waals surface area contributed by atoms with E-state index >= 15 is 0 Å². The van der Waals surface area contributed by atoms with Crippen LogP contribution in [0.4, 0.5) is 0 Å². The van der Waals surface area contributed by atoms with Crippen LogP contribution in [0, 0.1) is 0 Å². The lowest BCUT2D eigenvalue weighted by Gasteiger charge is -2.24. The first kappa shape index (κ1) is 16.7.